The van der Waals surface area contributed by atoms with Crippen LogP contribution in [0.4, 0.5) is 0 Å². The van der Waals surface area contributed by atoms with E-state index in [1.165, 1.54) is 57.8 Å². The van der Waals surface area contributed by atoms with Crippen LogP contribution >= 0.6 is 0 Å². The summed E-state index contributed by atoms with van der Waals surface area (Å²) >= 11 is 0. The van der Waals surface area contributed by atoms with Crippen molar-refractivity contribution in [3.8, 4) is 0 Å². The van der Waals surface area contributed by atoms with Gasteiger partial charge in [0.1, 0.15) is 12.1 Å². The van der Waals surface area contributed by atoms with Crippen molar-refractivity contribution in [2.24, 2.45) is 5.73 Å². The van der Waals surface area contributed by atoms with Gasteiger partial charge < -0.3 is 20.9 Å². The Morgan fingerprint density at radius 3 is 1.92 bits per heavy atom. The number of nitrogens with one attached hydrogen (secondary N) is 1. The lowest BCUT2D eigenvalue weighted by molar-refractivity contribution is -0.147. The van der Waals surface area contributed by atoms with Gasteiger partial charge in [-0.2, -0.15) is 0 Å². The summed E-state index contributed by atoms with van der Waals surface area (Å²) in [7, 11) is 0. The van der Waals surface area contributed by atoms with Gasteiger partial charge in [0.15, 0.2) is 0 Å². The maximum absolute atomic E-state index is 12.5. The second-order valence-corrected chi connectivity index (χ2v) is 10.9. The summed E-state index contributed by atoms with van der Waals surface area (Å²) in [5, 5.41) is 11.8. The average Bonchev–Trinajstić information content (AvgIpc) is 2.91. The van der Waals surface area contributed by atoms with Gasteiger partial charge in [-0.3, -0.25) is 9.59 Å². The van der Waals surface area contributed by atoms with E-state index in [1.54, 1.807) is 0 Å². The number of esters is 1. The first-order valence-corrected chi connectivity index (χ1v) is 16.0. The largest absolute Gasteiger partial charge is 0.480 e. The lowest BCUT2D eigenvalue weighted by Crippen LogP contribution is -2.40. The summed E-state index contributed by atoms with van der Waals surface area (Å²) in [6.45, 7) is 4.84. The first kappa shape index (κ1) is 37.1. The SMILES string of the molecule is CCCCC/C=C\C(CCCCCCC(=O)NC(CCCN)C(=O)O)OC(=O)CCCCCCCCCCC. The molecule has 0 bridgehead atoms. The molecule has 0 aromatic rings. The number of carboxylic acid groups (broad SMARTS) is 1. The Morgan fingerprint density at radius 2 is 1.31 bits per heavy atom. The lowest BCUT2D eigenvalue weighted by atomic mass is 10.1. The molecule has 7 heteroatoms. The fourth-order valence-corrected chi connectivity index (χ4v) is 4.59. The molecule has 0 saturated carbocycles. The van der Waals surface area contributed by atoms with E-state index in [1.807, 2.05) is 0 Å². The van der Waals surface area contributed by atoms with E-state index in [0.29, 0.717) is 38.6 Å². The Bertz CT molecular complexity index is 638. The molecule has 0 aromatic heterocycles. The topological polar surface area (TPSA) is 119 Å². The molecule has 228 valence electrons. The van der Waals surface area contributed by atoms with Crippen molar-refractivity contribution in [3.63, 3.8) is 0 Å². The van der Waals surface area contributed by atoms with Crippen LogP contribution in [-0.2, 0) is 19.1 Å². The normalized spacial score (nSPS) is 12.9. The molecule has 0 heterocycles. The summed E-state index contributed by atoms with van der Waals surface area (Å²) in [6.07, 6.45) is 25.6. The highest BCUT2D eigenvalue weighted by atomic mass is 16.5. The zero-order valence-electron chi connectivity index (χ0n) is 25.2. The Hall–Kier alpha value is -1.89. The molecule has 0 radical (unpaired) electrons. The number of carboxylic acids is 1. The van der Waals surface area contributed by atoms with Crippen LogP contribution in [0.1, 0.15) is 155 Å². The number of allylic oxidation sites excluding steroid dienone is 1. The number of rotatable bonds is 28. The van der Waals surface area contributed by atoms with E-state index < -0.39 is 12.0 Å². The highest BCUT2D eigenvalue weighted by Gasteiger charge is 2.18. The van der Waals surface area contributed by atoms with Gasteiger partial charge in [0, 0.05) is 12.8 Å². The van der Waals surface area contributed by atoms with E-state index in [2.05, 4.69) is 31.3 Å². The highest BCUT2D eigenvalue weighted by molar-refractivity contribution is 5.83. The number of hydrogen-bond acceptors (Lipinski definition) is 5. The van der Waals surface area contributed by atoms with E-state index in [0.717, 1.165) is 51.4 Å². The average molecular weight is 553 g/mol. The van der Waals surface area contributed by atoms with Crippen molar-refractivity contribution in [2.45, 2.75) is 167 Å². The molecule has 2 atom stereocenters. The molecule has 0 aliphatic rings. The quantitative estimate of drug-likeness (QED) is 0.0522. The van der Waals surface area contributed by atoms with Gasteiger partial charge in [-0.05, 0) is 64.0 Å². The molecule has 0 fully saturated rings. The molecule has 1 amide bonds. The molecule has 0 aromatic carbocycles. The minimum absolute atomic E-state index is 0.0968. The third-order valence-corrected chi connectivity index (χ3v) is 7.07. The van der Waals surface area contributed by atoms with E-state index in [9.17, 15) is 19.5 Å². The van der Waals surface area contributed by atoms with Crippen LogP contribution in [0, 0.1) is 0 Å². The first-order valence-electron chi connectivity index (χ1n) is 16.0. The minimum atomic E-state index is -1.02. The molecule has 7 nitrogen and oxygen atoms in total. The number of aliphatic carboxylic acids is 1. The van der Waals surface area contributed by atoms with Crippen LogP contribution in [0.2, 0.25) is 0 Å². The summed E-state index contributed by atoms with van der Waals surface area (Å²) in [5.41, 5.74) is 5.44. The molecular formula is C32H60N2O5. The second kappa shape index (κ2) is 27.7. The van der Waals surface area contributed by atoms with Crippen molar-refractivity contribution < 1.29 is 24.2 Å². The van der Waals surface area contributed by atoms with Crippen molar-refractivity contribution in [3.05, 3.63) is 12.2 Å². The van der Waals surface area contributed by atoms with Crippen LogP contribution < -0.4 is 11.1 Å². The number of hydrogen-bond donors (Lipinski definition) is 3. The Morgan fingerprint density at radius 1 is 0.744 bits per heavy atom. The van der Waals surface area contributed by atoms with Crippen molar-refractivity contribution >= 4 is 17.8 Å². The molecule has 4 N–H and O–H groups in total. The second-order valence-electron chi connectivity index (χ2n) is 10.9. The predicted molar refractivity (Wildman–Crippen MR) is 161 cm³/mol. The van der Waals surface area contributed by atoms with E-state index >= 15 is 0 Å². The van der Waals surface area contributed by atoms with Crippen LogP contribution in [0.3, 0.4) is 0 Å². The number of carbonyl (C=O) groups is 3. The maximum atomic E-state index is 12.5. The number of amides is 1. The van der Waals surface area contributed by atoms with E-state index in [4.69, 9.17) is 10.5 Å². The lowest BCUT2D eigenvalue weighted by Gasteiger charge is -2.15. The zero-order valence-corrected chi connectivity index (χ0v) is 25.2. The first-order chi connectivity index (χ1) is 18.9. The fourth-order valence-electron chi connectivity index (χ4n) is 4.59. The molecule has 0 rings (SSSR count). The van der Waals surface area contributed by atoms with Gasteiger partial charge in [-0.15, -0.1) is 0 Å². The van der Waals surface area contributed by atoms with E-state index in [-0.39, 0.29) is 18.0 Å². The Labute approximate surface area is 239 Å². The standard InChI is InChI=1S/C32H60N2O5/c1-3-5-7-9-10-11-12-14-20-26-31(36)39-28(22-17-13-8-6-4-2)23-18-15-16-19-25-30(35)34-29(32(37)38)24-21-27-33/h17,22,28-29H,3-16,18-21,23-27,33H2,1-2H3,(H,34,35)(H,37,38)/b22-17-. The summed E-state index contributed by atoms with van der Waals surface area (Å²) in [5.74, 6) is -1.34. The number of unbranched alkanes of at least 4 members (excludes halogenated alkanes) is 14. The van der Waals surface area contributed by atoms with Crippen LogP contribution in [0.5, 0.6) is 0 Å². The summed E-state index contributed by atoms with van der Waals surface area (Å²) < 4.78 is 5.82. The zero-order chi connectivity index (χ0) is 29.0. The minimum Gasteiger partial charge on any atom is -0.480 e. The number of nitrogens with two attached hydrogens (primary N) is 1. The highest BCUT2D eigenvalue weighted by Crippen LogP contribution is 2.15. The van der Waals surface area contributed by atoms with Crippen LogP contribution in [-0.4, -0.2) is 41.6 Å². The van der Waals surface area contributed by atoms with Crippen LogP contribution in [0.25, 0.3) is 0 Å². The number of ether oxygens (including phenoxy) is 1. The van der Waals surface area contributed by atoms with Gasteiger partial charge >= 0.3 is 11.9 Å². The van der Waals surface area contributed by atoms with Gasteiger partial charge in [0.25, 0.3) is 0 Å². The number of carbonyl (C=O) groups excluding carboxylic acids is 2. The Balaban J connectivity index is 4.26. The van der Waals surface area contributed by atoms with Gasteiger partial charge in [0.05, 0.1) is 0 Å². The third kappa shape index (κ3) is 24.9. The van der Waals surface area contributed by atoms with Crippen LogP contribution in [0.15, 0.2) is 12.2 Å². The fraction of sp³-hybridized carbons (Fsp3) is 0.844. The maximum Gasteiger partial charge on any atom is 0.326 e. The van der Waals surface area contributed by atoms with Gasteiger partial charge in [-0.25, -0.2) is 4.79 Å². The predicted octanol–water partition coefficient (Wildman–Crippen LogP) is 7.60. The van der Waals surface area contributed by atoms with Crippen molar-refractivity contribution in [1.82, 2.24) is 5.32 Å². The van der Waals surface area contributed by atoms with Crippen molar-refractivity contribution in [1.29, 1.82) is 0 Å². The molecule has 0 spiro atoms. The Kier molecular flexibility index (Phi) is 26.3. The molecule has 0 aliphatic heterocycles. The molecular weight excluding hydrogens is 492 g/mol. The summed E-state index contributed by atoms with van der Waals surface area (Å²) in [4.78, 5) is 35.8. The smallest absolute Gasteiger partial charge is 0.326 e. The molecule has 2 unspecified atom stereocenters. The van der Waals surface area contributed by atoms with Gasteiger partial charge in [0.2, 0.25) is 5.91 Å². The molecule has 0 saturated heterocycles. The van der Waals surface area contributed by atoms with Gasteiger partial charge in [-0.1, -0.05) is 97.0 Å². The monoisotopic (exact) mass is 552 g/mol. The molecule has 39 heavy (non-hydrogen) atoms. The van der Waals surface area contributed by atoms with Crippen molar-refractivity contribution in [2.75, 3.05) is 6.54 Å². The third-order valence-electron chi connectivity index (χ3n) is 7.07. The molecule has 0 aliphatic carbocycles. The summed E-state index contributed by atoms with van der Waals surface area (Å²) in [6, 6.07) is -0.865.